The molecule has 3 aromatic rings. The molecule has 0 heterocycles. The van der Waals surface area contributed by atoms with Crippen molar-refractivity contribution in [3.8, 4) is 5.75 Å². The number of hydrogen-bond acceptors (Lipinski definition) is 3. The summed E-state index contributed by atoms with van der Waals surface area (Å²) in [6.07, 6.45) is 2.39. The van der Waals surface area contributed by atoms with Gasteiger partial charge in [-0.25, -0.2) is 0 Å². The minimum absolute atomic E-state index is 0.619. The lowest BCUT2D eigenvalue weighted by Gasteiger charge is -2.11. The van der Waals surface area contributed by atoms with E-state index in [-0.39, 0.29) is 0 Å². The molecule has 0 amide bonds. The van der Waals surface area contributed by atoms with Crippen LogP contribution in [0.15, 0.2) is 65.1 Å². The first kappa shape index (κ1) is 17.6. The molecule has 3 rings (SSSR count). The largest absolute Gasteiger partial charge is 0.492 e. The summed E-state index contributed by atoms with van der Waals surface area (Å²) >= 11 is 3.45. The molecule has 0 saturated carbocycles. The molecule has 0 saturated heterocycles. The van der Waals surface area contributed by atoms with E-state index in [0.717, 1.165) is 46.1 Å². The van der Waals surface area contributed by atoms with Gasteiger partial charge in [-0.2, -0.15) is 0 Å². The summed E-state index contributed by atoms with van der Waals surface area (Å²) in [4.78, 5) is 0. The first-order valence-electron chi connectivity index (χ1n) is 8.38. The molecule has 3 nitrogen and oxygen atoms in total. The van der Waals surface area contributed by atoms with Gasteiger partial charge in [-0.15, -0.1) is 0 Å². The number of rotatable bonds is 8. The van der Waals surface area contributed by atoms with Crippen molar-refractivity contribution in [2.75, 3.05) is 19.7 Å². The number of benzene rings is 3. The van der Waals surface area contributed by atoms with Crippen molar-refractivity contribution in [3.05, 3.63) is 76.3 Å². The Balaban J connectivity index is 1.48. The van der Waals surface area contributed by atoms with E-state index in [0.29, 0.717) is 6.61 Å². The van der Waals surface area contributed by atoms with Crippen molar-refractivity contribution in [1.29, 1.82) is 5.41 Å². The predicted octanol–water partition coefficient (Wildman–Crippen LogP) is 4.81. The SMILES string of the molecule is N=Cc1ccc(OCCNCCc2ccc(Br)cc2)c2ccccc12. The van der Waals surface area contributed by atoms with Crippen molar-refractivity contribution in [3.63, 3.8) is 0 Å². The van der Waals surface area contributed by atoms with Crippen LogP contribution >= 0.6 is 15.9 Å². The Morgan fingerprint density at radius 2 is 1.68 bits per heavy atom. The molecule has 4 heteroatoms. The van der Waals surface area contributed by atoms with Crippen LogP contribution in [0.5, 0.6) is 5.75 Å². The van der Waals surface area contributed by atoms with E-state index in [2.05, 4.69) is 45.5 Å². The van der Waals surface area contributed by atoms with Gasteiger partial charge in [0, 0.05) is 28.2 Å². The minimum Gasteiger partial charge on any atom is -0.492 e. The Bertz CT molecular complexity index is 846. The van der Waals surface area contributed by atoms with Crippen LogP contribution in [0, 0.1) is 5.41 Å². The third-order valence-electron chi connectivity index (χ3n) is 4.11. The average molecular weight is 397 g/mol. The zero-order valence-electron chi connectivity index (χ0n) is 14.0. The van der Waals surface area contributed by atoms with Gasteiger partial charge in [0.1, 0.15) is 12.4 Å². The molecular formula is C21H21BrN2O. The van der Waals surface area contributed by atoms with E-state index < -0.39 is 0 Å². The van der Waals surface area contributed by atoms with Gasteiger partial charge in [-0.05, 0) is 48.2 Å². The molecule has 2 N–H and O–H groups in total. The lowest BCUT2D eigenvalue weighted by atomic mass is 10.0. The van der Waals surface area contributed by atoms with E-state index in [4.69, 9.17) is 10.1 Å². The second-order valence-electron chi connectivity index (χ2n) is 5.82. The van der Waals surface area contributed by atoms with Crippen LogP contribution in [0.25, 0.3) is 10.8 Å². The van der Waals surface area contributed by atoms with E-state index in [9.17, 15) is 0 Å². The highest BCUT2D eigenvalue weighted by molar-refractivity contribution is 9.10. The maximum atomic E-state index is 7.51. The zero-order valence-corrected chi connectivity index (χ0v) is 15.6. The number of nitrogens with one attached hydrogen (secondary N) is 2. The predicted molar refractivity (Wildman–Crippen MR) is 108 cm³/mol. The van der Waals surface area contributed by atoms with Gasteiger partial charge >= 0.3 is 0 Å². The highest BCUT2D eigenvalue weighted by Crippen LogP contribution is 2.27. The number of ether oxygens (including phenoxy) is 1. The molecule has 0 aliphatic rings. The fraction of sp³-hybridized carbons (Fsp3) is 0.190. The fourth-order valence-electron chi connectivity index (χ4n) is 2.79. The van der Waals surface area contributed by atoms with Gasteiger partial charge in [-0.1, -0.05) is 52.3 Å². The van der Waals surface area contributed by atoms with E-state index in [1.54, 1.807) is 0 Å². The van der Waals surface area contributed by atoms with Crippen LogP contribution in [-0.2, 0) is 6.42 Å². The molecule has 128 valence electrons. The molecule has 0 bridgehead atoms. The first-order chi connectivity index (χ1) is 12.3. The average Bonchev–Trinajstić information content (AvgIpc) is 2.66. The Hall–Kier alpha value is -2.17. The third kappa shape index (κ3) is 4.68. The maximum Gasteiger partial charge on any atom is 0.127 e. The van der Waals surface area contributed by atoms with Gasteiger partial charge < -0.3 is 15.5 Å². The fourth-order valence-corrected chi connectivity index (χ4v) is 3.05. The molecule has 0 unspecified atom stereocenters. The van der Waals surface area contributed by atoms with Crippen LogP contribution in [0.4, 0.5) is 0 Å². The Labute approximate surface area is 156 Å². The second-order valence-corrected chi connectivity index (χ2v) is 6.73. The quantitative estimate of drug-likeness (QED) is 0.423. The Morgan fingerprint density at radius 3 is 2.44 bits per heavy atom. The molecule has 0 spiro atoms. The molecule has 0 aliphatic heterocycles. The van der Waals surface area contributed by atoms with Crippen LogP contribution in [0.1, 0.15) is 11.1 Å². The van der Waals surface area contributed by atoms with Gasteiger partial charge in [0.15, 0.2) is 0 Å². The van der Waals surface area contributed by atoms with Crippen LogP contribution < -0.4 is 10.1 Å². The summed E-state index contributed by atoms with van der Waals surface area (Å²) in [5, 5.41) is 13.0. The topological polar surface area (TPSA) is 45.1 Å². The van der Waals surface area contributed by atoms with Gasteiger partial charge in [0.25, 0.3) is 0 Å². The Morgan fingerprint density at radius 1 is 0.920 bits per heavy atom. The molecule has 25 heavy (non-hydrogen) atoms. The van der Waals surface area contributed by atoms with Gasteiger partial charge in [-0.3, -0.25) is 0 Å². The number of fused-ring (bicyclic) bond motifs is 1. The standard InChI is InChI=1S/C21H21BrN2O/c22-18-8-5-16(6-9-18)11-12-24-13-14-25-21-10-7-17(15-23)19-3-1-2-4-20(19)21/h1-10,15,23-24H,11-14H2. The first-order valence-corrected chi connectivity index (χ1v) is 9.17. The lowest BCUT2D eigenvalue weighted by Crippen LogP contribution is -2.23. The zero-order chi connectivity index (χ0) is 17.5. The summed E-state index contributed by atoms with van der Waals surface area (Å²) in [6.45, 7) is 2.35. The van der Waals surface area contributed by atoms with Crippen molar-refractivity contribution in [2.24, 2.45) is 0 Å². The monoisotopic (exact) mass is 396 g/mol. The molecular weight excluding hydrogens is 376 g/mol. The van der Waals surface area contributed by atoms with E-state index in [1.165, 1.54) is 11.8 Å². The number of halogens is 1. The van der Waals surface area contributed by atoms with E-state index >= 15 is 0 Å². The van der Waals surface area contributed by atoms with E-state index in [1.807, 2.05) is 36.4 Å². The number of hydrogen-bond donors (Lipinski definition) is 2. The third-order valence-corrected chi connectivity index (χ3v) is 4.64. The maximum absolute atomic E-state index is 7.51. The normalized spacial score (nSPS) is 10.8. The van der Waals surface area contributed by atoms with Crippen LogP contribution in [0.3, 0.4) is 0 Å². The van der Waals surface area contributed by atoms with Crippen molar-refractivity contribution in [2.45, 2.75) is 6.42 Å². The smallest absolute Gasteiger partial charge is 0.127 e. The van der Waals surface area contributed by atoms with Gasteiger partial charge in [0.2, 0.25) is 0 Å². The van der Waals surface area contributed by atoms with Crippen LogP contribution in [0.2, 0.25) is 0 Å². The second kappa shape index (κ2) is 8.79. The minimum atomic E-state index is 0.619. The van der Waals surface area contributed by atoms with Crippen molar-refractivity contribution >= 4 is 32.9 Å². The molecule has 3 aromatic carbocycles. The van der Waals surface area contributed by atoms with Crippen LogP contribution in [-0.4, -0.2) is 25.9 Å². The molecule has 0 radical (unpaired) electrons. The summed E-state index contributed by atoms with van der Waals surface area (Å²) < 4.78 is 7.05. The van der Waals surface area contributed by atoms with Gasteiger partial charge in [0.05, 0.1) is 0 Å². The summed E-state index contributed by atoms with van der Waals surface area (Å²) in [5.41, 5.74) is 2.24. The molecule has 0 atom stereocenters. The summed E-state index contributed by atoms with van der Waals surface area (Å²) in [5.74, 6) is 0.871. The highest BCUT2D eigenvalue weighted by atomic mass is 79.9. The summed E-state index contributed by atoms with van der Waals surface area (Å²) in [6, 6.07) is 20.4. The van der Waals surface area contributed by atoms with Crippen molar-refractivity contribution in [1.82, 2.24) is 5.32 Å². The highest BCUT2D eigenvalue weighted by Gasteiger charge is 2.05. The summed E-state index contributed by atoms with van der Waals surface area (Å²) in [7, 11) is 0. The molecule has 0 aliphatic carbocycles. The van der Waals surface area contributed by atoms with Crippen molar-refractivity contribution < 1.29 is 4.74 Å². The molecule has 0 aromatic heterocycles. The lowest BCUT2D eigenvalue weighted by molar-refractivity contribution is 0.318. The molecule has 0 fully saturated rings. The Kier molecular flexibility index (Phi) is 6.20.